The molecule has 1 atom stereocenters. The van der Waals surface area contributed by atoms with Gasteiger partial charge < -0.3 is 10.1 Å². The number of carbonyl (C=O) groups excluding carboxylic acids is 1. The summed E-state index contributed by atoms with van der Waals surface area (Å²) in [5.74, 6) is 0.939. The fourth-order valence-electron chi connectivity index (χ4n) is 3.97. The lowest BCUT2D eigenvalue weighted by atomic mass is 9.96. The highest BCUT2D eigenvalue weighted by molar-refractivity contribution is 7.98. The molecule has 1 N–H and O–H groups in total. The molecule has 0 heterocycles. The topological polar surface area (TPSA) is 75.7 Å². The molecule has 1 amide bonds. The van der Waals surface area contributed by atoms with Crippen molar-refractivity contribution in [2.24, 2.45) is 5.92 Å². The lowest BCUT2D eigenvalue weighted by Gasteiger charge is -2.24. The van der Waals surface area contributed by atoms with Gasteiger partial charge in [-0.2, -0.15) is 0 Å². The number of hydrogen-bond donors (Lipinski definition) is 1. The quantitative estimate of drug-likeness (QED) is 0.303. The summed E-state index contributed by atoms with van der Waals surface area (Å²) in [6, 6.07) is 21.1. The molecule has 0 aliphatic rings. The summed E-state index contributed by atoms with van der Waals surface area (Å²) in [6.07, 6.45) is 2.73. The molecule has 0 unspecified atom stereocenters. The van der Waals surface area contributed by atoms with Crippen molar-refractivity contribution < 1.29 is 17.9 Å². The van der Waals surface area contributed by atoms with Gasteiger partial charge >= 0.3 is 0 Å². The number of methoxy groups -OCH3 is 1. The molecule has 3 aromatic rings. The number of ether oxygens (including phenoxy) is 1. The Balaban J connectivity index is 1.79. The van der Waals surface area contributed by atoms with Crippen molar-refractivity contribution in [1.29, 1.82) is 0 Å². The van der Waals surface area contributed by atoms with Crippen LogP contribution in [0.25, 0.3) is 0 Å². The maximum absolute atomic E-state index is 13.3. The molecule has 3 rings (SSSR count). The van der Waals surface area contributed by atoms with Gasteiger partial charge in [-0.15, -0.1) is 11.8 Å². The van der Waals surface area contributed by atoms with E-state index in [0.717, 1.165) is 22.6 Å². The molecule has 8 heteroatoms. The number of sulfonamides is 1. The third kappa shape index (κ3) is 6.62. The molecule has 3 aromatic carbocycles. The predicted molar refractivity (Wildman–Crippen MR) is 148 cm³/mol. The van der Waals surface area contributed by atoms with Crippen molar-refractivity contribution in [2.75, 3.05) is 24.2 Å². The van der Waals surface area contributed by atoms with Gasteiger partial charge in [0.15, 0.2) is 0 Å². The van der Waals surface area contributed by atoms with Crippen LogP contribution < -0.4 is 14.4 Å². The number of rotatable bonds is 11. The van der Waals surface area contributed by atoms with E-state index in [-0.39, 0.29) is 23.4 Å². The molecule has 36 heavy (non-hydrogen) atoms. The zero-order valence-electron chi connectivity index (χ0n) is 21.4. The summed E-state index contributed by atoms with van der Waals surface area (Å²) < 4.78 is 33.1. The smallest absolute Gasteiger partial charge is 0.264 e. The minimum atomic E-state index is -3.72. The monoisotopic (exact) mass is 526 g/mol. The third-order valence-corrected chi connectivity index (χ3v) is 8.54. The molecule has 0 saturated carbocycles. The van der Waals surface area contributed by atoms with Crippen molar-refractivity contribution >= 4 is 33.4 Å². The predicted octanol–water partition coefficient (Wildman–Crippen LogP) is 6.15. The average Bonchev–Trinajstić information content (AvgIpc) is 2.88. The first kappa shape index (κ1) is 27.6. The third-order valence-electron chi connectivity index (χ3n) is 5.88. The first-order chi connectivity index (χ1) is 17.2. The molecular weight excluding hydrogens is 492 g/mol. The summed E-state index contributed by atoms with van der Waals surface area (Å²) in [5.41, 5.74) is 1.99. The molecule has 0 aromatic heterocycles. The van der Waals surface area contributed by atoms with Crippen LogP contribution in [-0.4, -0.2) is 34.2 Å². The first-order valence-corrected chi connectivity index (χ1v) is 14.6. The normalized spacial score (nSPS) is 12.3. The van der Waals surface area contributed by atoms with Gasteiger partial charge in [0.1, 0.15) is 5.75 Å². The number of nitrogens with zero attached hydrogens (tertiary/aromatic N) is 1. The van der Waals surface area contributed by atoms with Crippen LogP contribution in [0.3, 0.4) is 0 Å². The van der Waals surface area contributed by atoms with E-state index in [4.69, 9.17) is 4.74 Å². The SMILES string of the molecule is CCN(c1ccc(C(=O)N[C@@H](CC(C)C)c2ccc(OC)cc2)cc1)S(=O)(=O)c1ccc(SC)cc1. The second-order valence-electron chi connectivity index (χ2n) is 8.82. The molecule has 6 nitrogen and oxygen atoms in total. The van der Waals surface area contributed by atoms with Crippen LogP contribution in [0.1, 0.15) is 49.2 Å². The number of benzene rings is 3. The minimum absolute atomic E-state index is 0.153. The summed E-state index contributed by atoms with van der Waals surface area (Å²) in [4.78, 5) is 14.3. The molecule has 0 aliphatic heterocycles. The van der Waals surface area contributed by atoms with E-state index in [1.807, 2.05) is 30.5 Å². The second kappa shape index (κ2) is 12.3. The van der Waals surface area contributed by atoms with E-state index in [2.05, 4.69) is 19.2 Å². The highest BCUT2D eigenvalue weighted by atomic mass is 32.2. The van der Waals surface area contributed by atoms with Crippen molar-refractivity contribution in [3.8, 4) is 5.75 Å². The van der Waals surface area contributed by atoms with E-state index in [0.29, 0.717) is 17.2 Å². The van der Waals surface area contributed by atoms with Gasteiger partial charge in [-0.25, -0.2) is 8.42 Å². The lowest BCUT2D eigenvalue weighted by Crippen LogP contribution is -2.31. The fraction of sp³-hybridized carbons (Fsp3) is 0.321. The summed E-state index contributed by atoms with van der Waals surface area (Å²) >= 11 is 1.56. The Bertz CT molecular complexity index is 1240. The Morgan fingerprint density at radius 2 is 1.58 bits per heavy atom. The van der Waals surface area contributed by atoms with Crippen molar-refractivity contribution in [3.63, 3.8) is 0 Å². The lowest BCUT2D eigenvalue weighted by molar-refractivity contribution is 0.0932. The molecular formula is C28H34N2O4S2. The number of carbonyl (C=O) groups is 1. The molecule has 0 saturated heterocycles. The summed E-state index contributed by atoms with van der Waals surface area (Å²) in [7, 11) is -2.10. The van der Waals surface area contributed by atoms with Gasteiger partial charge in [0.25, 0.3) is 15.9 Å². The highest BCUT2D eigenvalue weighted by Crippen LogP contribution is 2.27. The van der Waals surface area contributed by atoms with Gasteiger partial charge in [-0.3, -0.25) is 9.10 Å². The largest absolute Gasteiger partial charge is 0.497 e. The molecule has 0 aliphatic carbocycles. The van der Waals surface area contributed by atoms with Crippen LogP contribution in [0.4, 0.5) is 5.69 Å². The Hall–Kier alpha value is -2.97. The first-order valence-electron chi connectivity index (χ1n) is 11.9. The van der Waals surface area contributed by atoms with E-state index in [1.165, 1.54) is 4.31 Å². The molecule has 0 spiro atoms. The number of hydrogen-bond acceptors (Lipinski definition) is 5. The van der Waals surface area contributed by atoms with E-state index < -0.39 is 10.0 Å². The Labute approximate surface area is 219 Å². The van der Waals surface area contributed by atoms with Crippen LogP contribution in [0, 0.1) is 5.92 Å². The maximum atomic E-state index is 13.3. The van der Waals surface area contributed by atoms with Crippen LogP contribution in [-0.2, 0) is 10.0 Å². The van der Waals surface area contributed by atoms with Crippen molar-refractivity contribution in [2.45, 2.75) is 43.0 Å². The van der Waals surface area contributed by atoms with Gasteiger partial charge in [0.2, 0.25) is 0 Å². The highest BCUT2D eigenvalue weighted by Gasteiger charge is 2.24. The van der Waals surface area contributed by atoms with Crippen LogP contribution in [0.2, 0.25) is 0 Å². The van der Waals surface area contributed by atoms with Gasteiger partial charge in [0, 0.05) is 17.0 Å². The molecule has 0 fully saturated rings. The molecule has 0 radical (unpaired) electrons. The fourth-order valence-corrected chi connectivity index (χ4v) is 5.85. The van der Waals surface area contributed by atoms with Gasteiger partial charge in [-0.1, -0.05) is 26.0 Å². The van der Waals surface area contributed by atoms with E-state index in [9.17, 15) is 13.2 Å². The van der Waals surface area contributed by atoms with Gasteiger partial charge in [-0.05, 0) is 91.7 Å². The Morgan fingerprint density at radius 3 is 2.08 bits per heavy atom. The average molecular weight is 527 g/mol. The summed E-state index contributed by atoms with van der Waals surface area (Å²) in [6.45, 7) is 6.30. The van der Waals surface area contributed by atoms with Crippen LogP contribution in [0.15, 0.2) is 82.6 Å². The standard InChI is InChI=1S/C28H34N2O4S2/c1-6-30(36(32,33)26-17-15-25(35-5)16-18-26)23-11-7-22(8-12-23)28(31)29-27(19-20(2)3)21-9-13-24(34-4)14-10-21/h7-18,20,27H,6,19H2,1-5H3,(H,29,31)/t27-/m0/s1. The number of nitrogens with one attached hydrogen (secondary N) is 1. The maximum Gasteiger partial charge on any atom is 0.264 e. The number of thioether (sulfide) groups is 1. The molecule has 0 bridgehead atoms. The van der Waals surface area contributed by atoms with Crippen molar-refractivity contribution in [1.82, 2.24) is 5.32 Å². The Kier molecular flexibility index (Phi) is 9.45. The zero-order valence-corrected chi connectivity index (χ0v) is 23.0. The number of amides is 1. The zero-order chi connectivity index (χ0) is 26.3. The van der Waals surface area contributed by atoms with Crippen LogP contribution >= 0.6 is 11.8 Å². The minimum Gasteiger partial charge on any atom is -0.497 e. The van der Waals surface area contributed by atoms with E-state index >= 15 is 0 Å². The summed E-state index contributed by atoms with van der Waals surface area (Å²) in [5, 5.41) is 3.13. The van der Waals surface area contributed by atoms with E-state index in [1.54, 1.807) is 74.3 Å². The van der Waals surface area contributed by atoms with Gasteiger partial charge in [0.05, 0.1) is 23.7 Å². The number of anilines is 1. The Morgan fingerprint density at radius 1 is 0.972 bits per heavy atom. The van der Waals surface area contributed by atoms with Crippen molar-refractivity contribution in [3.05, 3.63) is 83.9 Å². The van der Waals surface area contributed by atoms with Crippen LogP contribution in [0.5, 0.6) is 5.75 Å². The second-order valence-corrected chi connectivity index (χ2v) is 11.6. The molecule has 192 valence electrons.